The third-order valence-corrected chi connectivity index (χ3v) is 4.87. The molecule has 28 heavy (non-hydrogen) atoms. The van der Waals surface area contributed by atoms with Gasteiger partial charge in [-0.2, -0.15) is 5.26 Å². The number of aryl methyl sites for hydroxylation is 1. The molecule has 142 valence electrons. The fraction of sp³-hybridized carbons (Fsp3) is 0.143. The Balaban J connectivity index is 2.31. The molecule has 7 heteroatoms. The maximum absolute atomic E-state index is 12.5. The van der Waals surface area contributed by atoms with Gasteiger partial charge in [0.05, 0.1) is 10.7 Å². The van der Waals surface area contributed by atoms with Crippen molar-refractivity contribution in [3.8, 4) is 29.9 Å². The number of anilines is 1. The second kappa shape index (κ2) is 10.0. The minimum Gasteiger partial charge on any atom is -0.493 e. The Hall–Kier alpha value is -2.68. The van der Waals surface area contributed by atoms with E-state index in [1.165, 1.54) is 13.2 Å². The normalized spacial score (nSPS) is 10.6. The van der Waals surface area contributed by atoms with Gasteiger partial charge in [0, 0.05) is 10.7 Å². The van der Waals surface area contributed by atoms with Crippen LogP contribution in [0.15, 0.2) is 35.9 Å². The minimum absolute atomic E-state index is 0.0631. The first kappa shape index (κ1) is 21.6. The summed E-state index contributed by atoms with van der Waals surface area (Å²) >= 11 is 8.15. The van der Waals surface area contributed by atoms with Gasteiger partial charge >= 0.3 is 0 Å². The summed E-state index contributed by atoms with van der Waals surface area (Å²) in [6.07, 6.45) is 6.70. The second-order valence-electron chi connectivity index (χ2n) is 5.61. The zero-order valence-corrected chi connectivity index (χ0v) is 18.1. The van der Waals surface area contributed by atoms with Crippen molar-refractivity contribution < 1.29 is 14.3 Å². The summed E-state index contributed by atoms with van der Waals surface area (Å²) in [6, 6.07) is 10.5. The van der Waals surface area contributed by atoms with Gasteiger partial charge in [-0.15, -0.1) is 6.42 Å². The molecule has 5 nitrogen and oxygen atoms in total. The lowest BCUT2D eigenvalue weighted by molar-refractivity contribution is -0.112. The van der Waals surface area contributed by atoms with Crippen LogP contribution in [-0.2, 0) is 4.79 Å². The summed E-state index contributed by atoms with van der Waals surface area (Å²) in [4.78, 5) is 12.5. The van der Waals surface area contributed by atoms with Gasteiger partial charge in [-0.1, -0.05) is 23.6 Å². The quantitative estimate of drug-likeness (QED) is 0.264. The highest BCUT2D eigenvalue weighted by molar-refractivity contribution is 14.1. The van der Waals surface area contributed by atoms with E-state index in [0.717, 1.165) is 9.13 Å². The Kier molecular flexibility index (Phi) is 7.74. The number of carbonyl (C=O) groups is 1. The Morgan fingerprint density at radius 1 is 1.39 bits per heavy atom. The zero-order chi connectivity index (χ0) is 20.7. The molecule has 0 spiro atoms. The van der Waals surface area contributed by atoms with E-state index >= 15 is 0 Å². The number of methoxy groups -OCH3 is 1. The van der Waals surface area contributed by atoms with Gasteiger partial charge < -0.3 is 14.8 Å². The van der Waals surface area contributed by atoms with Crippen molar-refractivity contribution in [3.05, 3.63) is 55.6 Å². The van der Waals surface area contributed by atoms with Crippen LogP contribution >= 0.6 is 34.2 Å². The molecule has 0 heterocycles. The molecule has 0 unspecified atom stereocenters. The molecular formula is C21H16ClIN2O3. The first-order valence-electron chi connectivity index (χ1n) is 8.02. The fourth-order valence-corrected chi connectivity index (χ4v) is 3.22. The predicted molar refractivity (Wildman–Crippen MR) is 118 cm³/mol. The third-order valence-electron chi connectivity index (χ3n) is 3.66. The SMILES string of the molecule is C#CCOc1c(I)cc(/C=C(/C#N)C(=O)Nc2ccc(C)c(Cl)c2)cc1OC. The van der Waals surface area contributed by atoms with Crippen molar-refractivity contribution in [1.82, 2.24) is 0 Å². The summed E-state index contributed by atoms with van der Waals surface area (Å²) in [6.45, 7) is 1.97. The molecule has 0 saturated heterocycles. The number of halogens is 2. The topological polar surface area (TPSA) is 71.3 Å². The largest absolute Gasteiger partial charge is 0.493 e. The number of benzene rings is 2. The van der Waals surface area contributed by atoms with Gasteiger partial charge in [-0.25, -0.2) is 0 Å². The summed E-state index contributed by atoms with van der Waals surface area (Å²) in [5, 5.41) is 12.6. The van der Waals surface area contributed by atoms with Crippen molar-refractivity contribution in [3.63, 3.8) is 0 Å². The van der Waals surface area contributed by atoms with E-state index in [0.29, 0.717) is 27.8 Å². The minimum atomic E-state index is -0.538. The molecule has 1 N–H and O–H groups in total. The summed E-state index contributed by atoms with van der Waals surface area (Å²) in [5.41, 5.74) is 1.95. The standard InChI is InChI=1S/C21H16ClIN2O3/c1-4-7-28-20-18(23)9-14(10-19(20)27-3)8-15(12-24)21(26)25-16-6-5-13(2)17(22)11-16/h1,5-6,8-11H,7H2,2-3H3,(H,25,26)/b15-8-. The van der Waals surface area contributed by atoms with Gasteiger partial charge in [-0.3, -0.25) is 4.79 Å². The lowest BCUT2D eigenvalue weighted by Crippen LogP contribution is -2.13. The van der Waals surface area contributed by atoms with Crippen LogP contribution in [0, 0.1) is 34.2 Å². The van der Waals surface area contributed by atoms with Gasteiger partial charge in [0.2, 0.25) is 0 Å². The number of hydrogen-bond donors (Lipinski definition) is 1. The number of nitrogens with zero attached hydrogens (tertiary/aromatic N) is 1. The molecule has 0 atom stereocenters. The zero-order valence-electron chi connectivity index (χ0n) is 15.2. The molecular weight excluding hydrogens is 491 g/mol. The average molecular weight is 507 g/mol. The highest BCUT2D eigenvalue weighted by atomic mass is 127. The molecule has 0 radical (unpaired) electrons. The average Bonchev–Trinajstić information content (AvgIpc) is 2.67. The van der Waals surface area contributed by atoms with Crippen LogP contribution in [0.2, 0.25) is 5.02 Å². The maximum Gasteiger partial charge on any atom is 0.266 e. The monoisotopic (exact) mass is 506 g/mol. The van der Waals surface area contributed by atoms with Gasteiger partial charge in [0.15, 0.2) is 11.5 Å². The molecule has 0 aliphatic heterocycles. The first-order chi connectivity index (χ1) is 13.4. The van der Waals surface area contributed by atoms with Gasteiger partial charge in [-0.05, 0) is 71.0 Å². The van der Waals surface area contributed by atoms with Crippen LogP contribution in [0.3, 0.4) is 0 Å². The Morgan fingerprint density at radius 3 is 2.75 bits per heavy atom. The number of nitrogens with one attached hydrogen (secondary N) is 1. The number of carbonyl (C=O) groups excluding carboxylic acids is 1. The van der Waals surface area contributed by atoms with Gasteiger partial charge in [0.1, 0.15) is 18.2 Å². The summed E-state index contributed by atoms with van der Waals surface area (Å²) in [5.74, 6) is 2.82. The van der Waals surface area contributed by atoms with E-state index in [-0.39, 0.29) is 12.2 Å². The Bertz CT molecular complexity index is 1020. The first-order valence-corrected chi connectivity index (χ1v) is 9.48. The molecule has 0 aliphatic rings. The molecule has 2 aromatic rings. The fourth-order valence-electron chi connectivity index (χ4n) is 2.26. The van der Waals surface area contributed by atoms with Crippen LogP contribution in [0.5, 0.6) is 11.5 Å². The van der Waals surface area contributed by atoms with Crippen LogP contribution in [-0.4, -0.2) is 19.6 Å². The Morgan fingerprint density at radius 2 is 2.14 bits per heavy atom. The molecule has 0 aromatic heterocycles. The van der Waals surface area contributed by atoms with E-state index < -0.39 is 5.91 Å². The summed E-state index contributed by atoms with van der Waals surface area (Å²) < 4.78 is 11.6. The van der Waals surface area contributed by atoms with Crippen molar-refractivity contribution >= 4 is 51.9 Å². The lowest BCUT2D eigenvalue weighted by Gasteiger charge is -2.12. The van der Waals surface area contributed by atoms with E-state index in [1.54, 1.807) is 30.3 Å². The van der Waals surface area contributed by atoms with Gasteiger partial charge in [0.25, 0.3) is 5.91 Å². The number of terminal acetylenes is 1. The lowest BCUT2D eigenvalue weighted by atomic mass is 10.1. The Labute approximate surface area is 182 Å². The van der Waals surface area contributed by atoms with Crippen molar-refractivity contribution in [2.75, 3.05) is 19.0 Å². The number of amides is 1. The van der Waals surface area contributed by atoms with E-state index in [2.05, 4.69) is 33.8 Å². The molecule has 0 saturated carbocycles. The van der Waals surface area contributed by atoms with Crippen molar-refractivity contribution in [1.29, 1.82) is 5.26 Å². The third kappa shape index (κ3) is 5.41. The number of nitriles is 1. The van der Waals surface area contributed by atoms with Crippen LogP contribution < -0.4 is 14.8 Å². The highest BCUT2D eigenvalue weighted by Crippen LogP contribution is 2.34. The number of hydrogen-bond acceptors (Lipinski definition) is 4. The summed E-state index contributed by atoms with van der Waals surface area (Å²) in [7, 11) is 1.50. The van der Waals surface area contributed by atoms with Crippen LogP contribution in [0.4, 0.5) is 5.69 Å². The molecule has 0 bridgehead atoms. The molecule has 2 rings (SSSR count). The second-order valence-corrected chi connectivity index (χ2v) is 7.18. The molecule has 0 aliphatic carbocycles. The van der Waals surface area contributed by atoms with E-state index in [4.69, 9.17) is 27.5 Å². The van der Waals surface area contributed by atoms with E-state index in [9.17, 15) is 10.1 Å². The maximum atomic E-state index is 12.5. The molecule has 1 amide bonds. The van der Waals surface area contributed by atoms with Crippen LogP contribution in [0.1, 0.15) is 11.1 Å². The number of rotatable bonds is 6. The smallest absolute Gasteiger partial charge is 0.266 e. The van der Waals surface area contributed by atoms with Crippen molar-refractivity contribution in [2.24, 2.45) is 0 Å². The van der Waals surface area contributed by atoms with E-state index in [1.807, 2.05) is 13.0 Å². The molecule has 0 fully saturated rings. The highest BCUT2D eigenvalue weighted by Gasteiger charge is 2.14. The predicted octanol–water partition coefficient (Wildman–Crippen LogP) is 4.82. The van der Waals surface area contributed by atoms with Crippen LogP contribution in [0.25, 0.3) is 6.08 Å². The van der Waals surface area contributed by atoms with Crippen molar-refractivity contribution in [2.45, 2.75) is 6.92 Å². The number of ether oxygens (including phenoxy) is 2. The molecule has 2 aromatic carbocycles.